The van der Waals surface area contributed by atoms with E-state index in [0.29, 0.717) is 0 Å². The minimum atomic E-state index is 0.873. The first-order chi connectivity index (χ1) is 9.16. The smallest absolute Gasteiger partial charge is 0.00519 e. The Morgan fingerprint density at radius 1 is 0.684 bits per heavy atom. The summed E-state index contributed by atoms with van der Waals surface area (Å²) in [5.41, 5.74) is 0. The number of nitrogens with one attached hydrogen (secondary N) is 1. The van der Waals surface area contributed by atoms with E-state index in [1.54, 1.807) is 0 Å². The molecule has 0 fully saturated rings. The molecular weight excluding hydrogens is 230 g/mol. The van der Waals surface area contributed by atoms with Crippen LogP contribution in [0.3, 0.4) is 0 Å². The highest BCUT2D eigenvalue weighted by atomic mass is 14.8. The van der Waals surface area contributed by atoms with E-state index in [0.717, 1.165) is 11.8 Å². The lowest BCUT2D eigenvalue weighted by Crippen LogP contribution is -2.06. The van der Waals surface area contributed by atoms with Gasteiger partial charge in [0.15, 0.2) is 0 Å². The van der Waals surface area contributed by atoms with E-state index in [-0.39, 0.29) is 0 Å². The van der Waals surface area contributed by atoms with Crippen LogP contribution in [0, 0.1) is 11.8 Å². The van der Waals surface area contributed by atoms with Crippen LogP contribution in [0.1, 0.15) is 91.4 Å². The Balaban J connectivity index is 3.06. The highest BCUT2D eigenvalue weighted by molar-refractivity contribution is 4.57. The van der Waals surface area contributed by atoms with E-state index in [9.17, 15) is 0 Å². The van der Waals surface area contributed by atoms with Crippen molar-refractivity contribution < 1.29 is 0 Å². The Hall–Kier alpha value is -0.0400. The molecule has 0 aromatic heterocycles. The van der Waals surface area contributed by atoms with Gasteiger partial charge < -0.3 is 5.32 Å². The summed E-state index contributed by atoms with van der Waals surface area (Å²) in [5, 5.41) is 3.21. The van der Waals surface area contributed by atoms with Crippen molar-refractivity contribution in [3.05, 3.63) is 0 Å². The fraction of sp³-hybridized carbons (Fsp3) is 1.00. The van der Waals surface area contributed by atoms with Crippen LogP contribution in [-0.2, 0) is 0 Å². The highest BCUT2D eigenvalue weighted by Gasteiger charge is 2.04. The third kappa shape index (κ3) is 15.9. The summed E-state index contributed by atoms with van der Waals surface area (Å²) in [6, 6.07) is 0. The molecule has 1 heteroatoms. The SMILES string of the molecule is CNCCCCCCCCCCCC(C)CC(C)C. The van der Waals surface area contributed by atoms with Gasteiger partial charge in [0.05, 0.1) is 0 Å². The maximum atomic E-state index is 3.21. The maximum absolute atomic E-state index is 3.21. The van der Waals surface area contributed by atoms with Crippen molar-refractivity contribution in [3.8, 4) is 0 Å². The zero-order chi connectivity index (χ0) is 14.3. The summed E-state index contributed by atoms with van der Waals surface area (Å²) < 4.78 is 0. The van der Waals surface area contributed by atoms with E-state index < -0.39 is 0 Å². The normalized spacial score (nSPS) is 13.1. The first-order valence-corrected chi connectivity index (χ1v) is 8.81. The molecule has 0 heterocycles. The van der Waals surface area contributed by atoms with Crippen molar-refractivity contribution >= 4 is 0 Å². The Labute approximate surface area is 122 Å². The lowest BCUT2D eigenvalue weighted by Gasteiger charge is -2.13. The van der Waals surface area contributed by atoms with E-state index in [2.05, 4.69) is 26.1 Å². The van der Waals surface area contributed by atoms with Crippen LogP contribution in [0.25, 0.3) is 0 Å². The van der Waals surface area contributed by atoms with Gasteiger partial charge in [-0.1, -0.05) is 78.6 Å². The molecule has 0 aliphatic rings. The summed E-state index contributed by atoms with van der Waals surface area (Å²) in [6.45, 7) is 8.29. The molecule has 0 radical (unpaired) electrons. The maximum Gasteiger partial charge on any atom is -0.00519 e. The van der Waals surface area contributed by atoms with Gasteiger partial charge in [0.25, 0.3) is 0 Å². The first-order valence-electron chi connectivity index (χ1n) is 8.81. The third-order valence-electron chi connectivity index (χ3n) is 4.00. The predicted octanol–water partition coefficient (Wildman–Crippen LogP) is 5.79. The molecule has 0 aliphatic carbocycles. The number of hydrogen-bond donors (Lipinski definition) is 1. The van der Waals surface area contributed by atoms with Gasteiger partial charge in [0.2, 0.25) is 0 Å². The lowest BCUT2D eigenvalue weighted by molar-refractivity contribution is 0.397. The molecule has 1 N–H and O–H groups in total. The van der Waals surface area contributed by atoms with Gasteiger partial charge >= 0.3 is 0 Å². The van der Waals surface area contributed by atoms with Crippen LogP contribution in [0.15, 0.2) is 0 Å². The van der Waals surface area contributed by atoms with E-state index >= 15 is 0 Å². The van der Waals surface area contributed by atoms with Crippen molar-refractivity contribution in [2.45, 2.75) is 91.4 Å². The number of unbranched alkanes of at least 4 members (excludes halogenated alkanes) is 8. The standard InChI is InChI=1S/C18H39N/c1-17(2)16-18(3)14-12-10-8-6-5-7-9-11-13-15-19-4/h17-19H,5-16H2,1-4H3. The van der Waals surface area contributed by atoms with Crippen molar-refractivity contribution in [1.29, 1.82) is 0 Å². The Morgan fingerprint density at radius 3 is 1.63 bits per heavy atom. The van der Waals surface area contributed by atoms with Crippen LogP contribution in [-0.4, -0.2) is 13.6 Å². The minimum Gasteiger partial charge on any atom is -0.320 e. The minimum absolute atomic E-state index is 0.873. The summed E-state index contributed by atoms with van der Waals surface area (Å²) >= 11 is 0. The molecule has 0 saturated heterocycles. The van der Waals surface area contributed by atoms with Gasteiger partial charge in [-0.3, -0.25) is 0 Å². The van der Waals surface area contributed by atoms with Gasteiger partial charge in [-0.25, -0.2) is 0 Å². The van der Waals surface area contributed by atoms with Crippen molar-refractivity contribution in [1.82, 2.24) is 5.32 Å². The molecule has 0 bridgehead atoms. The van der Waals surface area contributed by atoms with Crippen LogP contribution in [0.2, 0.25) is 0 Å². The first kappa shape index (κ1) is 19.0. The van der Waals surface area contributed by atoms with Gasteiger partial charge in [-0.2, -0.15) is 0 Å². The second-order valence-electron chi connectivity index (χ2n) is 6.81. The summed E-state index contributed by atoms with van der Waals surface area (Å²) in [7, 11) is 2.04. The molecule has 0 aliphatic heterocycles. The molecule has 1 unspecified atom stereocenters. The molecule has 0 aromatic rings. The third-order valence-corrected chi connectivity index (χ3v) is 4.00. The van der Waals surface area contributed by atoms with E-state index in [1.807, 2.05) is 7.05 Å². The molecule has 0 rings (SSSR count). The molecule has 116 valence electrons. The van der Waals surface area contributed by atoms with E-state index in [1.165, 1.54) is 77.2 Å². The van der Waals surface area contributed by atoms with Gasteiger partial charge in [-0.05, 0) is 38.3 Å². The largest absolute Gasteiger partial charge is 0.320 e. The quantitative estimate of drug-likeness (QED) is 0.394. The van der Waals surface area contributed by atoms with Gasteiger partial charge in [0, 0.05) is 0 Å². The lowest BCUT2D eigenvalue weighted by atomic mass is 9.93. The molecule has 1 nitrogen and oxygen atoms in total. The second kappa shape index (κ2) is 14.4. The van der Waals surface area contributed by atoms with Crippen LogP contribution >= 0.6 is 0 Å². The topological polar surface area (TPSA) is 12.0 Å². The number of hydrogen-bond acceptors (Lipinski definition) is 1. The molecule has 0 amide bonds. The molecule has 0 spiro atoms. The predicted molar refractivity (Wildman–Crippen MR) is 88.7 cm³/mol. The Morgan fingerprint density at radius 2 is 1.16 bits per heavy atom. The van der Waals surface area contributed by atoms with E-state index in [4.69, 9.17) is 0 Å². The molecule has 0 aromatic carbocycles. The summed E-state index contributed by atoms with van der Waals surface area (Å²) in [6.07, 6.45) is 15.8. The molecule has 19 heavy (non-hydrogen) atoms. The monoisotopic (exact) mass is 269 g/mol. The van der Waals surface area contributed by atoms with Crippen molar-refractivity contribution in [3.63, 3.8) is 0 Å². The van der Waals surface area contributed by atoms with Gasteiger partial charge in [0.1, 0.15) is 0 Å². The zero-order valence-corrected chi connectivity index (χ0v) is 14.1. The fourth-order valence-electron chi connectivity index (χ4n) is 2.95. The summed E-state index contributed by atoms with van der Waals surface area (Å²) in [5.74, 6) is 1.81. The average molecular weight is 270 g/mol. The second-order valence-corrected chi connectivity index (χ2v) is 6.81. The Kier molecular flexibility index (Phi) is 14.3. The summed E-state index contributed by atoms with van der Waals surface area (Å²) in [4.78, 5) is 0. The molecular formula is C18H39N. The number of rotatable bonds is 14. The average Bonchev–Trinajstić information content (AvgIpc) is 2.35. The molecule has 1 atom stereocenters. The highest BCUT2D eigenvalue weighted by Crippen LogP contribution is 2.18. The fourth-order valence-corrected chi connectivity index (χ4v) is 2.95. The van der Waals surface area contributed by atoms with Crippen LogP contribution < -0.4 is 5.32 Å². The van der Waals surface area contributed by atoms with Crippen molar-refractivity contribution in [2.24, 2.45) is 11.8 Å². The zero-order valence-electron chi connectivity index (χ0n) is 14.1. The van der Waals surface area contributed by atoms with Crippen LogP contribution in [0.5, 0.6) is 0 Å². The van der Waals surface area contributed by atoms with Crippen LogP contribution in [0.4, 0.5) is 0 Å². The van der Waals surface area contributed by atoms with Gasteiger partial charge in [-0.15, -0.1) is 0 Å². The Bertz CT molecular complexity index is 165. The molecule has 0 saturated carbocycles. The van der Waals surface area contributed by atoms with Crippen molar-refractivity contribution in [2.75, 3.05) is 13.6 Å².